The van der Waals surface area contributed by atoms with E-state index in [2.05, 4.69) is 11.0 Å². The van der Waals surface area contributed by atoms with E-state index in [1.54, 1.807) is 36.4 Å². The molecular formula is C23H26FN3O2. The Morgan fingerprint density at radius 3 is 2.45 bits per heavy atom. The standard InChI is InChI=1S/C23H26FN3O2/c1-17(2)22(15-25)26-10-12-27(13-11-26)23(28)19-4-3-5-21(14-19)29-16-18-6-8-20(24)9-7-18/h3-9,14,17,22H,10-13,16H2,1-2H3. The summed E-state index contributed by atoms with van der Waals surface area (Å²) in [6.07, 6.45) is 0. The van der Waals surface area contributed by atoms with Gasteiger partial charge in [-0.05, 0) is 41.8 Å². The minimum atomic E-state index is -0.282. The first-order valence-corrected chi connectivity index (χ1v) is 9.88. The van der Waals surface area contributed by atoms with Gasteiger partial charge in [0.15, 0.2) is 0 Å². The molecule has 152 valence electrons. The van der Waals surface area contributed by atoms with Crippen LogP contribution in [0.5, 0.6) is 5.75 Å². The first kappa shape index (κ1) is 20.8. The van der Waals surface area contributed by atoms with Gasteiger partial charge in [0.05, 0.1) is 6.07 Å². The number of hydrogen-bond donors (Lipinski definition) is 0. The molecule has 29 heavy (non-hydrogen) atoms. The van der Waals surface area contributed by atoms with Crippen molar-refractivity contribution in [3.8, 4) is 11.8 Å². The van der Waals surface area contributed by atoms with Crippen molar-refractivity contribution in [2.45, 2.75) is 26.5 Å². The first-order valence-electron chi connectivity index (χ1n) is 9.88. The van der Waals surface area contributed by atoms with E-state index in [1.807, 2.05) is 18.7 Å². The molecule has 1 atom stereocenters. The van der Waals surface area contributed by atoms with Crippen LogP contribution < -0.4 is 4.74 Å². The van der Waals surface area contributed by atoms with E-state index in [0.717, 1.165) is 5.56 Å². The molecule has 0 bridgehead atoms. The average molecular weight is 395 g/mol. The van der Waals surface area contributed by atoms with Crippen LogP contribution in [0.1, 0.15) is 29.8 Å². The highest BCUT2D eigenvalue weighted by molar-refractivity contribution is 5.94. The van der Waals surface area contributed by atoms with Gasteiger partial charge in [-0.25, -0.2) is 4.39 Å². The molecule has 6 heteroatoms. The molecule has 2 aromatic carbocycles. The van der Waals surface area contributed by atoms with Crippen LogP contribution in [-0.4, -0.2) is 47.9 Å². The SMILES string of the molecule is CC(C)C(C#N)N1CCN(C(=O)c2cccc(OCc3ccc(F)cc3)c2)CC1. The van der Waals surface area contributed by atoms with Gasteiger partial charge in [-0.15, -0.1) is 0 Å². The number of hydrogen-bond acceptors (Lipinski definition) is 4. The highest BCUT2D eigenvalue weighted by Gasteiger charge is 2.28. The molecule has 0 aliphatic carbocycles. The summed E-state index contributed by atoms with van der Waals surface area (Å²) in [6, 6.07) is 15.5. The van der Waals surface area contributed by atoms with Gasteiger partial charge in [0.25, 0.3) is 5.91 Å². The second kappa shape index (κ2) is 9.53. The average Bonchev–Trinajstić information content (AvgIpc) is 2.74. The van der Waals surface area contributed by atoms with E-state index >= 15 is 0 Å². The summed E-state index contributed by atoms with van der Waals surface area (Å²) in [4.78, 5) is 16.9. The quantitative estimate of drug-likeness (QED) is 0.748. The van der Waals surface area contributed by atoms with Gasteiger partial charge in [0.2, 0.25) is 0 Å². The molecule has 0 radical (unpaired) electrons. The number of benzene rings is 2. The largest absolute Gasteiger partial charge is 0.489 e. The van der Waals surface area contributed by atoms with Crippen molar-refractivity contribution in [3.05, 3.63) is 65.5 Å². The Balaban J connectivity index is 1.58. The van der Waals surface area contributed by atoms with Crippen molar-refractivity contribution in [3.63, 3.8) is 0 Å². The van der Waals surface area contributed by atoms with Gasteiger partial charge in [0, 0.05) is 31.7 Å². The van der Waals surface area contributed by atoms with Gasteiger partial charge in [-0.2, -0.15) is 5.26 Å². The lowest BCUT2D eigenvalue weighted by molar-refractivity contribution is 0.0576. The molecule has 0 saturated carbocycles. The summed E-state index contributed by atoms with van der Waals surface area (Å²) in [5, 5.41) is 9.37. The van der Waals surface area contributed by atoms with Gasteiger partial charge >= 0.3 is 0 Å². The third-order valence-electron chi connectivity index (χ3n) is 5.16. The highest BCUT2D eigenvalue weighted by atomic mass is 19.1. The number of halogens is 1. The monoisotopic (exact) mass is 395 g/mol. The van der Waals surface area contributed by atoms with Gasteiger partial charge in [0.1, 0.15) is 24.2 Å². The van der Waals surface area contributed by atoms with Crippen LogP contribution in [0.3, 0.4) is 0 Å². The minimum absolute atomic E-state index is 0.0325. The summed E-state index contributed by atoms with van der Waals surface area (Å²) >= 11 is 0. The van der Waals surface area contributed by atoms with Crippen LogP contribution in [0, 0.1) is 23.1 Å². The number of nitriles is 1. The van der Waals surface area contributed by atoms with Crippen LogP contribution in [0.4, 0.5) is 4.39 Å². The molecule has 5 nitrogen and oxygen atoms in total. The number of rotatable bonds is 6. The van der Waals surface area contributed by atoms with Gasteiger partial charge in [-0.3, -0.25) is 9.69 Å². The summed E-state index contributed by atoms with van der Waals surface area (Å²) < 4.78 is 18.8. The normalized spacial score (nSPS) is 15.8. The highest BCUT2D eigenvalue weighted by Crippen LogP contribution is 2.19. The van der Waals surface area contributed by atoms with Crippen molar-refractivity contribution in [1.82, 2.24) is 9.80 Å². The Morgan fingerprint density at radius 2 is 1.83 bits per heavy atom. The number of carbonyl (C=O) groups excluding carboxylic acids is 1. The minimum Gasteiger partial charge on any atom is -0.489 e. The molecule has 1 fully saturated rings. The molecule has 1 unspecified atom stereocenters. The van der Waals surface area contributed by atoms with E-state index in [0.29, 0.717) is 44.1 Å². The Labute approximate surface area is 171 Å². The zero-order valence-corrected chi connectivity index (χ0v) is 16.8. The fourth-order valence-electron chi connectivity index (χ4n) is 3.50. The number of amides is 1. The number of piperazine rings is 1. The molecule has 2 aromatic rings. The number of ether oxygens (including phenoxy) is 1. The predicted octanol–water partition coefficient (Wildman–Crippen LogP) is 3.71. The molecule has 1 saturated heterocycles. The van der Waals surface area contributed by atoms with E-state index in [9.17, 15) is 14.4 Å². The number of carbonyl (C=O) groups is 1. The van der Waals surface area contributed by atoms with Crippen molar-refractivity contribution in [2.24, 2.45) is 5.92 Å². The molecule has 0 N–H and O–H groups in total. The van der Waals surface area contributed by atoms with Crippen molar-refractivity contribution in [1.29, 1.82) is 5.26 Å². The maximum Gasteiger partial charge on any atom is 0.254 e. The smallest absolute Gasteiger partial charge is 0.254 e. The topological polar surface area (TPSA) is 56.6 Å². The van der Waals surface area contributed by atoms with Crippen LogP contribution >= 0.6 is 0 Å². The zero-order chi connectivity index (χ0) is 20.8. The molecule has 3 rings (SSSR count). The molecule has 1 amide bonds. The molecule has 1 aliphatic rings. The summed E-state index contributed by atoms with van der Waals surface area (Å²) in [6.45, 7) is 6.99. The van der Waals surface area contributed by atoms with Crippen LogP contribution in [0.25, 0.3) is 0 Å². The third-order valence-corrected chi connectivity index (χ3v) is 5.16. The lowest BCUT2D eigenvalue weighted by Gasteiger charge is -2.38. The van der Waals surface area contributed by atoms with Crippen molar-refractivity contribution >= 4 is 5.91 Å². The second-order valence-electron chi connectivity index (χ2n) is 7.59. The predicted molar refractivity (Wildman–Crippen MR) is 109 cm³/mol. The maximum absolute atomic E-state index is 13.0. The molecule has 1 aliphatic heterocycles. The lowest BCUT2D eigenvalue weighted by atomic mass is 10.0. The van der Waals surface area contributed by atoms with E-state index in [1.165, 1.54) is 12.1 Å². The fourth-order valence-corrected chi connectivity index (χ4v) is 3.50. The Hall–Kier alpha value is -2.91. The molecular weight excluding hydrogens is 369 g/mol. The molecule has 0 spiro atoms. The van der Waals surface area contributed by atoms with Crippen molar-refractivity contribution < 1.29 is 13.9 Å². The summed E-state index contributed by atoms with van der Waals surface area (Å²) in [7, 11) is 0. The zero-order valence-electron chi connectivity index (χ0n) is 16.8. The van der Waals surface area contributed by atoms with E-state index in [4.69, 9.17) is 4.74 Å². The van der Waals surface area contributed by atoms with Crippen LogP contribution in [-0.2, 0) is 6.61 Å². The Morgan fingerprint density at radius 1 is 1.14 bits per heavy atom. The summed E-state index contributed by atoms with van der Waals surface area (Å²) in [5.74, 6) is 0.547. The van der Waals surface area contributed by atoms with E-state index < -0.39 is 0 Å². The maximum atomic E-state index is 13.0. The Bertz CT molecular complexity index is 868. The van der Waals surface area contributed by atoms with E-state index in [-0.39, 0.29) is 23.7 Å². The fraction of sp³-hybridized carbons (Fsp3) is 0.391. The molecule has 0 aromatic heterocycles. The second-order valence-corrected chi connectivity index (χ2v) is 7.59. The third kappa shape index (κ3) is 5.33. The molecule has 1 heterocycles. The van der Waals surface area contributed by atoms with Crippen LogP contribution in [0.2, 0.25) is 0 Å². The van der Waals surface area contributed by atoms with Gasteiger partial charge < -0.3 is 9.64 Å². The number of nitrogens with zero attached hydrogens (tertiary/aromatic N) is 3. The van der Waals surface area contributed by atoms with Crippen LogP contribution in [0.15, 0.2) is 48.5 Å². The lowest BCUT2D eigenvalue weighted by Crippen LogP contribution is -2.52. The van der Waals surface area contributed by atoms with Gasteiger partial charge in [-0.1, -0.05) is 32.0 Å². The Kier molecular flexibility index (Phi) is 6.84. The first-order chi connectivity index (χ1) is 14.0. The van der Waals surface area contributed by atoms with Crippen molar-refractivity contribution in [2.75, 3.05) is 26.2 Å². The summed E-state index contributed by atoms with van der Waals surface area (Å²) in [5.41, 5.74) is 1.44.